The third kappa shape index (κ3) is 8.29. The van der Waals surface area contributed by atoms with Crippen molar-refractivity contribution in [3.63, 3.8) is 0 Å². The molecule has 1 aliphatic carbocycles. The van der Waals surface area contributed by atoms with E-state index in [-0.39, 0.29) is 45.5 Å². The molecule has 1 aliphatic rings. The minimum absolute atomic E-state index is 0.0104. The van der Waals surface area contributed by atoms with Crippen molar-refractivity contribution < 1.29 is 18.0 Å². The molecule has 0 unspecified atom stereocenters. The molecule has 1 N–H and O–H groups in total. The molecule has 0 aliphatic heterocycles. The normalized spacial score (nSPS) is 14.1. The van der Waals surface area contributed by atoms with Crippen LogP contribution in [0.15, 0.2) is 108 Å². The van der Waals surface area contributed by atoms with Crippen molar-refractivity contribution in [2.45, 2.75) is 62.6 Å². The van der Waals surface area contributed by atoms with Gasteiger partial charge in [-0.05, 0) is 61.2 Å². The third-order valence-corrected chi connectivity index (χ3v) is 10.6. The van der Waals surface area contributed by atoms with Crippen molar-refractivity contribution in [1.82, 2.24) is 10.2 Å². The van der Waals surface area contributed by atoms with Gasteiger partial charge in [0.15, 0.2) is 0 Å². The lowest BCUT2D eigenvalue weighted by molar-refractivity contribution is -0.140. The van der Waals surface area contributed by atoms with Crippen LogP contribution in [0.25, 0.3) is 0 Å². The number of hydrogen-bond acceptors (Lipinski definition) is 4. The molecule has 4 aromatic rings. The van der Waals surface area contributed by atoms with E-state index in [4.69, 9.17) is 23.2 Å². The van der Waals surface area contributed by atoms with Crippen molar-refractivity contribution in [3.8, 4) is 0 Å². The topological polar surface area (TPSA) is 86.8 Å². The molecular formula is C36H37Cl2N3O4S. The number of amides is 2. The van der Waals surface area contributed by atoms with E-state index in [1.54, 1.807) is 24.3 Å². The molecule has 5 rings (SSSR count). The van der Waals surface area contributed by atoms with Gasteiger partial charge in [0.2, 0.25) is 11.8 Å². The Morgan fingerprint density at radius 3 is 2.13 bits per heavy atom. The molecule has 4 aromatic carbocycles. The maximum Gasteiger partial charge on any atom is 0.264 e. The number of nitrogens with one attached hydrogen (secondary N) is 1. The van der Waals surface area contributed by atoms with Crippen LogP contribution in [-0.4, -0.2) is 43.8 Å². The highest BCUT2D eigenvalue weighted by atomic mass is 35.5. The molecule has 1 saturated carbocycles. The first-order valence-electron chi connectivity index (χ1n) is 15.3. The van der Waals surface area contributed by atoms with Gasteiger partial charge in [0.05, 0.1) is 15.6 Å². The smallest absolute Gasteiger partial charge is 0.264 e. The Morgan fingerprint density at radius 1 is 0.848 bits per heavy atom. The molecule has 240 valence electrons. The van der Waals surface area contributed by atoms with Crippen LogP contribution in [0.4, 0.5) is 5.69 Å². The zero-order valence-corrected chi connectivity index (χ0v) is 27.9. The Balaban J connectivity index is 1.58. The minimum atomic E-state index is -4.28. The number of anilines is 1. The van der Waals surface area contributed by atoms with E-state index in [9.17, 15) is 18.0 Å². The Morgan fingerprint density at radius 2 is 1.48 bits per heavy atom. The summed E-state index contributed by atoms with van der Waals surface area (Å²) in [4.78, 5) is 30.2. The average Bonchev–Trinajstić information content (AvgIpc) is 3.57. The first-order valence-corrected chi connectivity index (χ1v) is 17.5. The van der Waals surface area contributed by atoms with E-state index in [0.717, 1.165) is 46.7 Å². The Kier molecular flexibility index (Phi) is 11.0. The number of rotatable bonds is 12. The molecular weight excluding hydrogens is 641 g/mol. The van der Waals surface area contributed by atoms with E-state index in [2.05, 4.69) is 5.32 Å². The molecule has 2 amide bonds. The molecule has 0 saturated heterocycles. The highest BCUT2D eigenvalue weighted by molar-refractivity contribution is 7.92. The highest BCUT2D eigenvalue weighted by Crippen LogP contribution is 2.33. The molecule has 7 nitrogen and oxygen atoms in total. The predicted molar refractivity (Wildman–Crippen MR) is 183 cm³/mol. The van der Waals surface area contributed by atoms with Gasteiger partial charge in [-0.3, -0.25) is 13.9 Å². The number of carbonyl (C=O) groups is 2. The van der Waals surface area contributed by atoms with Crippen LogP contribution in [0.5, 0.6) is 0 Å². The zero-order chi connectivity index (χ0) is 32.7. The Bertz CT molecular complexity index is 1750. The fourth-order valence-electron chi connectivity index (χ4n) is 5.72. The second-order valence-corrected chi connectivity index (χ2v) is 14.3. The van der Waals surface area contributed by atoms with Gasteiger partial charge in [0.25, 0.3) is 10.0 Å². The van der Waals surface area contributed by atoms with Gasteiger partial charge >= 0.3 is 0 Å². The number of hydrogen-bond donors (Lipinski definition) is 1. The Labute approximate surface area is 281 Å². The standard InChI is InChI=1S/C36H37Cl2N3O4S/c1-26-16-18-28(19-17-26)24-40(34(22-27-10-4-2-5-11-27)36(43)39-30-12-8-9-13-30)35(42)25-41(33-23-29(37)20-21-32(33)38)46(44,45)31-14-6-3-7-15-31/h2-7,10-11,14-21,23,30,34H,8-9,12-13,22,24-25H2,1H3,(H,39,43)/t34-/m1/s1. The Hall–Kier alpha value is -3.85. The fraction of sp³-hybridized carbons (Fsp3) is 0.278. The molecule has 1 atom stereocenters. The third-order valence-electron chi connectivity index (χ3n) is 8.23. The molecule has 0 heterocycles. The zero-order valence-electron chi connectivity index (χ0n) is 25.6. The summed E-state index contributed by atoms with van der Waals surface area (Å²) in [5, 5.41) is 3.56. The summed E-state index contributed by atoms with van der Waals surface area (Å²) >= 11 is 12.9. The number of sulfonamides is 1. The number of benzene rings is 4. The van der Waals surface area contributed by atoms with Crippen LogP contribution in [0.3, 0.4) is 0 Å². The van der Waals surface area contributed by atoms with E-state index in [1.165, 1.54) is 29.2 Å². The summed E-state index contributed by atoms with van der Waals surface area (Å²) in [5.74, 6) is -0.826. The first-order chi connectivity index (χ1) is 22.1. The molecule has 0 radical (unpaired) electrons. The van der Waals surface area contributed by atoms with Crippen LogP contribution in [-0.2, 0) is 32.6 Å². The molecule has 10 heteroatoms. The van der Waals surface area contributed by atoms with Gasteiger partial charge in [-0.2, -0.15) is 0 Å². The van der Waals surface area contributed by atoms with Gasteiger partial charge in [-0.1, -0.05) is 114 Å². The summed E-state index contributed by atoms with van der Waals surface area (Å²) in [6.45, 7) is 1.46. The summed E-state index contributed by atoms with van der Waals surface area (Å²) < 4.78 is 29.3. The van der Waals surface area contributed by atoms with Crippen LogP contribution >= 0.6 is 23.2 Å². The van der Waals surface area contributed by atoms with Gasteiger partial charge < -0.3 is 10.2 Å². The summed E-state index contributed by atoms with van der Waals surface area (Å²) in [7, 11) is -4.28. The largest absolute Gasteiger partial charge is 0.352 e. The lowest BCUT2D eigenvalue weighted by atomic mass is 10.0. The summed E-state index contributed by atoms with van der Waals surface area (Å²) in [5.41, 5.74) is 2.81. The van der Waals surface area contributed by atoms with Crippen molar-refractivity contribution in [3.05, 3.63) is 130 Å². The van der Waals surface area contributed by atoms with Gasteiger partial charge in [-0.25, -0.2) is 8.42 Å². The monoisotopic (exact) mass is 677 g/mol. The van der Waals surface area contributed by atoms with Crippen LogP contribution in [0.2, 0.25) is 10.0 Å². The van der Waals surface area contributed by atoms with E-state index in [1.807, 2.05) is 61.5 Å². The first kappa shape index (κ1) is 33.5. The lowest BCUT2D eigenvalue weighted by Crippen LogP contribution is -2.54. The summed E-state index contributed by atoms with van der Waals surface area (Å²) in [6, 6.07) is 28.7. The predicted octanol–water partition coefficient (Wildman–Crippen LogP) is 7.20. The van der Waals surface area contributed by atoms with E-state index >= 15 is 0 Å². The number of nitrogens with zero attached hydrogens (tertiary/aromatic N) is 2. The average molecular weight is 679 g/mol. The molecule has 0 spiro atoms. The maximum atomic E-state index is 14.6. The van der Waals surface area contributed by atoms with Crippen molar-refractivity contribution >= 4 is 50.7 Å². The number of carbonyl (C=O) groups excluding carboxylic acids is 2. The highest BCUT2D eigenvalue weighted by Gasteiger charge is 2.36. The van der Waals surface area contributed by atoms with Gasteiger partial charge in [0.1, 0.15) is 12.6 Å². The number of halogens is 2. The molecule has 1 fully saturated rings. The molecule has 46 heavy (non-hydrogen) atoms. The van der Waals surface area contributed by atoms with Gasteiger partial charge in [-0.15, -0.1) is 0 Å². The fourth-order valence-corrected chi connectivity index (χ4v) is 7.60. The van der Waals surface area contributed by atoms with Gasteiger partial charge in [0, 0.05) is 24.0 Å². The minimum Gasteiger partial charge on any atom is -0.352 e. The summed E-state index contributed by atoms with van der Waals surface area (Å²) in [6.07, 6.45) is 4.08. The maximum absolute atomic E-state index is 14.6. The van der Waals surface area contributed by atoms with Crippen molar-refractivity contribution in [2.75, 3.05) is 10.8 Å². The second kappa shape index (κ2) is 15.2. The quantitative estimate of drug-likeness (QED) is 0.172. The molecule has 0 bridgehead atoms. The SMILES string of the molecule is Cc1ccc(CN(C(=O)CN(c2cc(Cl)ccc2Cl)S(=O)(=O)c2ccccc2)[C@H](Cc2ccccc2)C(=O)NC2CCCC2)cc1. The van der Waals surface area contributed by atoms with Crippen LogP contribution < -0.4 is 9.62 Å². The van der Waals surface area contributed by atoms with Crippen molar-refractivity contribution in [2.24, 2.45) is 0 Å². The van der Waals surface area contributed by atoms with E-state index in [0.29, 0.717) is 0 Å². The van der Waals surface area contributed by atoms with E-state index < -0.39 is 28.5 Å². The van der Waals surface area contributed by atoms with Crippen LogP contribution in [0, 0.1) is 6.92 Å². The van der Waals surface area contributed by atoms with Crippen molar-refractivity contribution in [1.29, 1.82) is 0 Å². The lowest BCUT2D eigenvalue weighted by Gasteiger charge is -2.34. The molecule has 0 aromatic heterocycles. The number of aryl methyl sites for hydroxylation is 1. The van der Waals surface area contributed by atoms with Crippen LogP contribution in [0.1, 0.15) is 42.4 Å². The second-order valence-electron chi connectivity index (χ2n) is 11.6.